The molecule has 0 aliphatic carbocycles. The van der Waals surface area contributed by atoms with Crippen LogP contribution in [-0.2, 0) is 9.59 Å². The second-order valence-electron chi connectivity index (χ2n) is 5.41. The Morgan fingerprint density at radius 3 is 1.15 bits per heavy atom. The first-order valence-electron chi connectivity index (χ1n) is 6.91. The Labute approximate surface area is 156 Å². The monoisotopic (exact) mass is 438 g/mol. The molecule has 0 spiro atoms. The van der Waals surface area contributed by atoms with E-state index in [0.29, 0.717) is 0 Å². The van der Waals surface area contributed by atoms with Crippen LogP contribution in [0.1, 0.15) is 12.8 Å². The fourth-order valence-corrected chi connectivity index (χ4v) is 2.63. The van der Waals surface area contributed by atoms with Gasteiger partial charge in [-0.05, 0) is 25.9 Å². The molecule has 6 nitrogen and oxygen atoms in total. The van der Waals surface area contributed by atoms with Crippen molar-refractivity contribution in [1.82, 2.24) is 10.6 Å². The number of carboxylic acid groups (broad SMARTS) is 2. The van der Waals surface area contributed by atoms with E-state index < -0.39 is 48.2 Å². The van der Waals surface area contributed by atoms with Gasteiger partial charge in [0.1, 0.15) is 12.1 Å². The Kier molecular flexibility index (Phi) is 10.9. The Morgan fingerprint density at radius 2 is 1.00 bits per heavy atom. The molecule has 26 heavy (non-hydrogen) atoms. The molecule has 0 aromatic rings. The number of carboxylic acids is 2. The Hall–Kier alpha value is -0.980. The van der Waals surface area contributed by atoms with Crippen molar-refractivity contribution in [2.45, 2.75) is 37.3 Å². The lowest BCUT2D eigenvalue weighted by Gasteiger charge is -2.18. The zero-order chi connectivity index (χ0) is 18.7. The van der Waals surface area contributed by atoms with Gasteiger partial charge in [0.15, 0.2) is 0 Å². The number of rotatable bonds is 2. The zero-order valence-electron chi connectivity index (χ0n) is 12.9. The van der Waals surface area contributed by atoms with Gasteiger partial charge in [0, 0.05) is 0 Å². The minimum atomic E-state index is -4.46. The third-order valence-electron chi connectivity index (χ3n) is 3.78. The van der Waals surface area contributed by atoms with Crippen LogP contribution in [0.3, 0.4) is 0 Å². The summed E-state index contributed by atoms with van der Waals surface area (Å²) in [5.41, 5.74) is 0. The van der Waals surface area contributed by atoms with Gasteiger partial charge in [-0.1, -0.05) is 0 Å². The number of halogens is 8. The minimum Gasteiger partial charge on any atom is -0.481 e. The van der Waals surface area contributed by atoms with Gasteiger partial charge in [0.25, 0.3) is 0 Å². The van der Waals surface area contributed by atoms with Crippen LogP contribution in [0.15, 0.2) is 0 Å². The van der Waals surface area contributed by atoms with E-state index in [-0.39, 0.29) is 50.7 Å². The first kappa shape index (κ1) is 27.2. The lowest BCUT2D eigenvalue weighted by atomic mass is 10.0. The van der Waals surface area contributed by atoms with Crippen LogP contribution in [0, 0.1) is 11.8 Å². The molecular formula is C12H18Cl2F6N2O4. The summed E-state index contributed by atoms with van der Waals surface area (Å²) in [4.78, 5) is 20.6. The van der Waals surface area contributed by atoms with E-state index in [1.807, 2.05) is 0 Å². The number of hydrogen-bond acceptors (Lipinski definition) is 4. The lowest BCUT2D eigenvalue weighted by molar-refractivity contribution is -0.173. The zero-order valence-corrected chi connectivity index (χ0v) is 14.6. The van der Waals surface area contributed by atoms with E-state index >= 15 is 0 Å². The summed E-state index contributed by atoms with van der Waals surface area (Å²) in [5, 5.41) is 21.1. The molecule has 4 N–H and O–H groups in total. The summed E-state index contributed by atoms with van der Waals surface area (Å²) in [5.74, 6) is -5.43. The van der Waals surface area contributed by atoms with Crippen molar-refractivity contribution in [3.8, 4) is 0 Å². The molecule has 2 heterocycles. The fraction of sp³-hybridized carbons (Fsp3) is 0.833. The molecule has 2 aliphatic rings. The molecule has 2 aliphatic heterocycles. The van der Waals surface area contributed by atoms with Crippen molar-refractivity contribution < 1.29 is 46.1 Å². The number of carbonyl (C=O) groups is 2. The molecular weight excluding hydrogens is 421 g/mol. The quantitative estimate of drug-likeness (QED) is 0.492. The molecule has 4 atom stereocenters. The van der Waals surface area contributed by atoms with E-state index in [1.54, 1.807) is 0 Å². The third-order valence-corrected chi connectivity index (χ3v) is 3.78. The van der Waals surface area contributed by atoms with Gasteiger partial charge in [0.2, 0.25) is 0 Å². The molecule has 2 fully saturated rings. The predicted molar refractivity (Wildman–Crippen MR) is 81.7 cm³/mol. The normalized spacial score (nSPS) is 28.2. The highest BCUT2D eigenvalue weighted by atomic mass is 35.5. The molecule has 156 valence electrons. The summed E-state index contributed by atoms with van der Waals surface area (Å²) in [7, 11) is 0. The summed E-state index contributed by atoms with van der Waals surface area (Å²) in [6.07, 6.45) is -8.84. The van der Waals surface area contributed by atoms with Crippen LogP contribution < -0.4 is 10.6 Å². The smallest absolute Gasteiger partial charge is 0.404 e. The van der Waals surface area contributed by atoms with Crippen molar-refractivity contribution in [3.63, 3.8) is 0 Å². The van der Waals surface area contributed by atoms with Crippen molar-refractivity contribution >= 4 is 36.8 Å². The first-order valence-corrected chi connectivity index (χ1v) is 6.91. The molecule has 0 radical (unpaired) electrons. The number of alkyl halides is 6. The fourth-order valence-electron chi connectivity index (χ4n) is 2.63. The van der Waals surface area contributed by atoms with Crippen molar-refractivity contribution in [2.75, 3.05) is 13.1 Å². The van der Waals surface area contributed by atoms with Crippen LogP contribution in [0.5, 0.6) is 0 Å². The van der Waals surface area contributed by atoms with Crippen LogP contribution in [0.2, 0.25) is 0 Å². The first-order chi connectivity index (χ1) is 10.9. The predicted octanol–water partition coefficient (Wildman–Crippen LogP) is 2.07. The van der Waals surface area contributed by atoms with Gasteiger partial charge in [-0.25, -0.2) is 0 Å². The van der Waals surface area contributed by atoms with Gasteiger partial charge in [-0.3, -0.25) is 9.59 Å². The van der Waals surface area contributed by atoms with E-state index in [4.69, 9.17) is 10.2 Å². The van der Waals surface area contributed by atoms with Crippen LogP contribution in [-0.4, -0.2) is 59.7 Å². The molecule has 0 bridgehead atoms. The van der Waals surface area contributed by atoms with Crippen LogP contribution in [0.4, 0.5) is 26.3 Å². The number of nitrogens with one attached hydrogen (secondary N) is 2. The van der Waals surface area contributed by atoms with E-state index in [0.717, 1.165) is 0 Å². The average Bonchev–Trinajstić information content (AvgIpc) is 3.07. The molecule has 14 heteroatoms. The van der Waals surface area contributed by atoms with E-state index in [2.05, 4.69) is 10.6 Å². The average molecular weight is 439 g/mol. The van der Waals surface area contributed by atoms with E-state index in [9.17, 15) is 35.9 Å². The maximum absolute atomic E-state index is 12.0. The molecule has 0 unspecified atom stereocenters. The molecule has 0 aromatic carbocycles. The minimum absolute atomic E-state index is 0. The summed E-state index contributed by atoms with van der Waals surface area (Å²) in [6, 6.07) is -3.76. The second-order valence-corrected chi connectivity index (χ2v) is 5.41. The largest absolute Gasteiger partial charge is 0.481 e. The van der Waals surface area contributed by atoms with Gasteiger partial charge in [-0.15, -0.1) is 24.8 Å². The standard InChI is InChI=1S/2C6H8F3NO2.2ClH/c2*7-6(8,9)4-3(5(11)12)1-2-10-4;;/h2*3-4,10H,1-2H2,(H,11,12);2*1H/t2*3-,4-;;/m10../s1. The van der Waals surface area contributed by atoms with Gasteiger partial charge in [-0.2, -0.15) is 26.3 Å². The maximum Gasteiger partial charge on any atom is 0.404 e. The molecule has 2 rings (SSSR count). The molecule has 0 amide bonds. The van der Waals surface area contributed by atoms with E-state index in [1.165, 1.54) is 0 Å². The highest BCUT2D eigenvalue weighted by molar-refractivity contribution is 5.85. The number of hydrogen-bond donors (Lipinski definition) is 4. The third kappa shape index (κ3) is 7.33. The van der Waals surface area contributed by atoms with Crippen molar-refractivity contribution in [2.24, 2.45) is 11.8 Å². The Bertz CT molecular complexity index is 436. The van der Waals surface area contributed by atoms with Crippen LogP contribution in [0.25, 0.3) is 0 Å². The van der Waals surface area contributed by atoms with Crippen molar-refractivity contribution in [1.29, 1.82) is 0 Å². The maximum atomic E-state index is 12.0. The van der Waals surface area contributed by atoms with Gasteiger partial charge < -0.3 is 20.8 Å². The molecule has 0 saturated carbocycles. The van der Waals surface area contributed by atoms with Gasteiger partial charge in [0.05, 0.1) is 11.8 Å². The van der Waals surface area contributed by atoms with Crippen LogP contribution >= 0.6 is 24.8 Å². The number of aliphatic carboxylic acids is 2. The Morgan fingerprint density at radius 1 is 0.731 bits per heavy atom. The SMILES string of the molecule is Cl.Cl.O=C(O)[C@@H]1CCN[C@H]1C(F)(F)F.O=C(O)[C@H]1CCN[C@@H]1C(F)(F)F. The van der Waals surface area contributed by atoms with Crippen molar-refractivity contribution in [3.05, 3.63) is 0 Å². The summed E-state index contributed by atoms with van der Waals surface area (Å²) >= 11 is 0. The van der Waals surface area contributed by atoms with Gasteiger partial charge >= 0.3 is 24.3 Å². The lowest BCUT2D eigenvalue weighted by Crippen LogP contribution is -2.44. The molecule has 0 aromatic heterocycles. The highest BCUT2D eigenvalue weighted by Crippen LogP contribution is 2.31. The topological polar surface area (TPSA) is 98.7 Å². The highest BCUT2D eigenvalue weighted by Gasteiger charge is 2.50. The summed E-state index contributed by atoms with van der Waals surface area (Å²) < 4.78 is 72.3. The summed E-state index contributed by atoms with van der Waals surface area (Å²) in [6.45, 7) is 0.224. The Balaban J connectivity index is 0. The second kappa shape index (κ2) is 10.4. The molecule has 2 saturated heterocycles.